The van der Waals surface area contributed by atoms with Gasteiger partial charge in [-0.2, -0.15) is 0 Å². The van der Waals surface area contributed by atoms with Crippen LogP contribution >= 0.6 is 11.3 Å². The fraction of sp³-hybridized carbons (Fsp3) is 0.600. The Hall–Kier alpha value is -1.56. The molecule has 0 saturated carbocycles. The molecule has 2 heterocycles. The first kappa shape index (κ1) is 15.8. The Bertz CT molecular complexity index is 487. The molecule has 0 aromatic carbocycles. The molecule has 0 unspecified atom stereocenters. The lowest BCUT2D eigenvalue weighted by Gasteiger charge is -2.36. The van der Waals surface area contributed by atoms with Crippen LogP contribution in [0.3, 0.4) is 0 Å². The topological polar surface area (TPSA) is 60.9 Å². The molecule has 5 nitrogen and oxygen atoms in total. The number of aliphatic carboxylic acids is 1. The molecule has 0 spiro atoms. The first-order valence-corrected chi connectivity index (χ1v) is 8.17. The van der Waals surface area contributed by atoms with Crippen LogP contribution in [0.2, 0.25) is 0 Å². The largest absolute Gasteiger partial charge is 0.481 e. The normalized spacial score (nSPS) is 18.8. The molecule has 1 aromatic rings. The Morgan fingerprint density at radius 1 is 1.52 bits per heavy atom. The van der Waals surface area contributed by atoms with Gasteiger partial charge in [0.1, 0.15) is 0 Å². The molecule has 1 N–H and O–H groups in total. The van der Waals surface area contributed by atoms with Crippen molar-refractivity contribution >= 4 is 23.3 Å². The standard InChI is InChI=1S/C15H22N2O3S/c1-11(2)17(10-13-6-4-8-21-13)15(20)16-7-3-5-12(9-16)14(18)19/h4,6,8,11-12H,3,5,7,9-10H2,1-2H3,(H,18,19)/t12-/m0/s1. The van der Waals surface area contributed by atoms with E-state index in [1.165, 1.54) is 0 Å². The summed E-state index contributed by atoms with van der Waals surface area (Å²) in [5, 5.41) is 11.1. The van der Waals surface area contributed by atoms with E-state index in [0.29, 0.717) is 26.1 Å². The minimum atomic E-state index is -0.804. The van der Waals surface area contributed by atoms with Gasteiger partial charge < -0.3 is 14.9 Å². The lowest BCUT2D eigenvalue weighted by atomic mass is 9.98. The fourth-order valence-electron chi connectivity index (χ4n) is 2.58. The lowest BCUT2D eigenvalue weighted by Crippen LogP contribution is -2.50. The van der Waals surface area contributed by atoms with Gasteiger partial charge in [-0.05, 0) is 38.1 Å². The summed E-state index contributed by atoms with van der Waals surface area (Å²) < 4.78 is 0. The highest BCUT2D eigenvalue weighted by atomic mass is 32.1. The van der Waals surface area contributed by atoms with Gasteiger partial charge in [-0.15, -0.1) is 11.3 Å². The Morgan fingerprint density at radius 3 is 2.86 bits per heavy atom. The number of rotatable bonds is 4. The Kier molecular flexibility index (Phi) is 5.22. The predicted octanol–water partition coefficient (Wildman–Crippen LogP) is 2.88. The van der Waals surface area contributed by atoms with Gasteiger partial charge in [0.25, 0.3) is 0 Å². The van der Waals surface area contributed by atoms with Gasteiger partial charge in [-0.3, -0.25) is 4.79 Å². The van der Waals surface area contributed by atoms with Gasteiger partial charge in [0.15, 0.2) is 0 Å². The molecule has 1 saturated heterocycles. The van der Waals surface area contributed by atoms with E-state index in [-0.39, 0.29) is 12.1 Å². The predicted molar refractivity (Wildman–Crippen MR) is 82.3 cm³/mol. The lowest BCUT2D eigenvalue weighted by molar-refractivity contribution is -0.143. The molecule has 21 heavy (non-hydrogen) atoms. The van der Waals surface area contributed by atoms with Crippen LogP contribution in [0.25, 0.3) is 0 Å². The molecule has 0 aliphatic carbocycles. The van der Waals surface area contributed by atoms with Crippen molar-refractivity contribution in [2.24, 2.45) is 5.92 Å². The van der Waals surface area contributed by atoms with Crippen molar-refractivity contribution in [1.29, 1.82) is 0 Å². The highest BCUT2D eigenvalue weighted by molar-refractivity contribution is 7.09. The number of urea groups is 1. The van der Waals surface area contributed by atoms with Gasteiger partial charge in [0.05, 0.1) is 12.5 Å². The number of carboxylic acids is 1. The monoisotopic (exact) mass is 310 g/mol. The summed E-state index contributed by atoms with van der Waals surface area (Å²) in [4.78, 5) is 28.5. The molecular formula is C15H22N2O3S. The molecule has 1 aliphatic heterocycles. The minimum Gasteiger partial charge on any atom is -0.481 e. The summed E-state index contributed by atoms with van der Waals surface area (Å²) in [7, 11) is 0. The van der Waals surface area contributed by atoms with E-state index < -0.39 is 11.9 Å². The fourth-order valence-corrected chi connectivity index (χ4v) is 3.28. The second-order valence-electron chi connectivity index (χ2n) is 5.71. The van der Waals surface area contributed by atoms with E-state index in [9.17, 15) is 9.59 Å². The van der Waals surface area contributed by atoms with E-state index in [4.69, 9.17) is 5.11 Å². The maximum Gasteiger partial charge on any atom is 0.320 e. The summed E-state index contributed by atoms with van der Waals surface area (Å²) >= 11 is 1.63. The Labute approximate surface area is 129 Å². The number of nitrogens with zero attached hydrogens (tertiary/aromatic N) is 2. The Morgan fingerprint density at radius 2 is 2.29 bits per heavy atom. The molecule has 0 radical (unpaired) electrons. The quantitative estimate of drug-likeness (QED) is 0.930. The average Bonchev–Trinajstić information content (AvgIpc) is 2.97. The third-order valence-corrected chi connectivity index (χ3v) is 4.68. The first-order chi connectivity index (χ1) is 9.99. The van der Waals surface area contributed by atoms with E-state index >= 15 is 0 Å². The van der Waals surface area contributed by atoms with E-state index in [2.05, 4.69) is 0 Å². The van der Waals surface area contributed by atoms with Crippen LogP contribution in [-0.2, 0) is 11.3 Å². The number of thiophene rings is 1. The third kappa shape index (κ3) is 3.97. The molecule has 6 heteroatoms. The highest BCUT2D eigenvalue weighted by Gasteiger charge is 2.31. The molecule has 1 aliphatic rings. The first-order valence-electron chi connectivity index (χ1n) is 7.29. The Balaban J connectivity index is 2.05. The zero-order chi connectivity index (χ0) is 15.4. The van der Waals surface area contributed by atoms with Crippen molar-refractivity contribution in [2.75, 3.05) is 13.1 Å². The van der Waals surface area contributed by atoms with Crippen LogP contribution in [0.1, 0.15) is 31.6 Å². The summed E-state index contributed by atoms with van der Waals surface area (Å²) in [6, 6.07) is 4.03. The van der Waals surface area contributed by atoms with Gasteiger partial charge in [0, 0.05) is 24.0 Å². The number of piperidine rings is 1. The average molecular weight is 310 g/mol. The smallest absolute Gasteiger partial charge is 0.320 e. The highest BCUT2D eigenvalue weighted by Crippen LogP contribution is 2.21. The van der Waals surface area contributed by atoms with E-state index in [1.54, 1.807) is 16.2 Å². The molecule has 116 valence electrons. The van der Waals surface area contributed by atoms with Crippen molar-refractivity contribution in [2.45, 2.75) is 39.3 Å². The van der Waals surface area contributed by atoms with Crippen molar-refractivity contribution in [1.82, 2.24) is 9.80 Å². The summed E-state index contributed by atoms with van der Waals surface area (Å²) in [5.41, 5.74) is 0. The van der Waals surface area contributed by atoms with Gasteiger partial charge in [0.2, 0.25) is 0 Å². The number of hydrogen-bond acceptors (Lipinski definition) is 3. The maximum absolute atomic E-state index is 12.7. The van der Waals surface area contributed by atoms with Gasteiger partial charge in [-0.25, -0.2) is 4.79 Å². The van der Waals surface area contributed by atoms with E-state index in [0.717, 1.165) is 11.3 Å². The molecular weight excluding hydrogens is 288 g/mol. The SMILES string of the molecule is CC(C)N(Cc1cccs1)C(=O)N1CCC[C@H](C(=O)O)C1. The molecule has 2 rings (SSSR count). The summed E-state index contributed by atoms with van der Waals surface area (Å²) in [6.45, 7) is 5.54. The number of likely N-dealkylation sites (tertiary alicyclic amines) is 1. The number of carbonyl (C=O) groups excluding carboxylic acids is 1. The van der Waals surface area contributed by atoms with Crippen LogP contribution in [0, 0.1) is 5.92 Å². The zero-order valence-electron chi connectivity index (χ0n) is 12.5. The number of hydrogen-bond donors (Lipinski definition) is 1. The van der Waals surface area contributed by atoms with Crippen molar-refractivity contribution in [3.63, 3.8) is 0 Å². The van der Waals surface area contributed by atoms with Crippen molar-refractivity contribution < 1.29 is 14.7 Å². The molecule has 1 fully saturated rings. The number of carbonyl (C=O) groups is 2. The summed E-state index contributed by atoms with van der Waals surface area (Å²) in [6.07, 6.45) is 1.42. The molecule has 1 aromatic heterocycles. The number of amides is 2. The van der Waals surface area contributed by atoms with Crippen LogP contribution in [0.4, 0.5) is 4.79 Å². The number of carboxylic acid groups (broad SMARTS) is 1. The molecule has 1 atom stereocenters. The van der Waals surface area contributed by atoms with Crippen LogP contribution in [0.5, 0.6) is 0 Å². The van der Waals surface area contributed by atoms with Crippen LogP contribution in [0.15, 0.2) is 17.5 Å². The molecule has 0 bridgehead atoms. The van der Waals surface area contributed by atoms with Crippen molar-refractivity contribution in [3.8, 4) is 0 Å². The van der Waals surface area contributed by atoms with Crippen LogP contribution < -0.4 is 0 Å². The second kappa shape index (κ2) is 6.93. The van der Waals surface area contributed by atoms with Gasteiger partial charge in [-0.1, -0.05) is 6.07 Å². The maximum atomic E-state index is 12.7. The van der Waals surface area contributed by atoms with Crippen LogP contribution in [-0.4, -0.2) is 46.0 Å². The van der Waals surface area contributed by atoms with Gasteiger partial charge >= 0.3 is 12.0 Å². The van der Waals surface area contributed by atoms with Crippen molar-refractivity contribution in [3.05, 3.63) is 22.4 Å². The second-order valence-corrected chi connectivity index (χ2v) is 6.74. The molecule has 2 amide bonds. The minimum absolute atomic E-state index is 0.0515. The zero-order valence-corrected chi connectivity index (χ0v) is 13.3. The summed E-state index contributed by atoms with van der Waals surface area (Å²) in [5.74, 6) is -1.24. The third-order valence-electron chi connectivity index (χ3n) is 3.82. The van der Waals surface area contributed by atoms with E-state index in [1.807, 2.05) is 36.3 Å².